The van der Waals surface area contributed by atoms with Gasteiger partial charge in [0.1, 0.15) is 4.60 Å². The summed E-state index contributed by atoms with van der Waals surface area (Å²) < 4.78 is 3.77. The van der Waals surface area contributed by atoms with Crippen LogP contribution in [0.1, 0.15) is 5.69 Å². The van der Waals surface area contributed by atoms with Gasteiger partial charge in [-0.05, 0) is 31.9 Å². The molecule has 0 amide bonds. The molecule has 0 aliphatic rings. The van der Waals surface area contributed by atoms with Crippen LogP contribution in [-0.4, -0.2) is 9.78 Å². The van der Waals surface area contributed by atoms with Gasteiger partial charge in [-0.25, -0.2) is 0 Å². The van der Waals surface area contributed by atoms with Gasteiger partial charge in [0, 0.05) is 12.4 Å². The van der Waals surface area contributed by atoms with E-state index in [1.807, 2.05) is 7.05 Å². The zero-order valence-electron chi connectivity index (χ0n) is 5.24. The number of aromatic nitrogens is 2. The van der Waals surface area contributed by atoms with Gasteiger partial charge in [0.15, 0.2) is 0 Å². The molecule has 10 heavy (non-hydrogen) atoms. The van der Waals surface area contributed by atoms with Crippen molar-refractivity contribution in [3.8, 4) is 0 Å². The smallest absolute Gasteiger partial charge is 0.118 e. The standard InChI is InChI=1S/C5H5Br3N2/c1-10-5(8)4(7)3(2-6)9-10/h2H2,1H3. The molecule has 1 heterocycles. The Morgan fingerprint density at radius 1 is 1.50 bits per heavy atom. The van der Waals surface area contributed by atoms with Gasteiger partial charge in [0.2, 0.25) is 0 Å². The molecule has 0 bridgehead atoms. The third-order valence-electron chi connectivity index (χ3n) is 1.12. The summed E-state index contributed by atoms with van der Waals surface area (Å²) in [6.45, 7) is 0. The van der Waals surface area contributed by atoms with E-state index in [1.165, 1.54) is 0 Å². The van der Waals surface area contributed by atoms with Gasteiger partial charge in [-0.3, -0.25) is 4.68 Å². The van der Waals surface area contributed by atoms with E-state index in [0.717, 1.165) is 20.1 Å². The second-order valence-electron chi connectivity index (χ2n) is 1.81. The molecule has 1 aromatic heterocycles. The summed E-state index contributed by atoms with van der Waals surface area (Å²) >= 11 is 10.1. The molecule has 0 saturated heterocycles. The number of nitrogens with zero attached hydrogens (tertiary/aromatic N) is 2. The summed E-state index contributed by atoms with van der Waals surface area (Å²) in [6.07, 6.45) is 0. The summed E-state index contributed by atoms with van der Waals surface area (Å²) in [6, 6.07) is 0. The van der Waals surface area contributed by atoms with E-state index in [1.54, 1.807) is 4.68 Å². The molecular formula is C5H5Br3N2. The second-order valence-corrected chi connectivity index (χ2v) is 3.91. The van der Waals surface area contributed by atoms with Crippen LogP contribution in [-0.2, 0) is 12.4 Å². The monoisotopic (exact) mass is 330 g/mol. The molecule has 0 aliphatic heterocycles. The quantitative estimate of drug-likeness (QED) is 0.723. The Bertz CT molecular complexity index is 243. The predicted molar refractivity (Wildman–Crippen MR) is 51.2 cm³/mol. The highest BCUT2D eigenvalue weighted by Gasteiger charge is 2.08. The minimum atomic E-state index is 0.771. The van der Waals surface area contributed by atoms with Crippen molar-refractivity contribution >= 4 is 47.8 Å². The van der Waals surface area contributed by atoms with Gasteiger partial charge in [0.05, 0.1) is 10.2 Å². The molecule has 0 aromatic carbocycles. The summed E-state index contributed by atoms with van der Waals surface area (Å²) in [5, 5.41) is 4.98. The molecule has 2 nitrogen and oxygen atoms in total. The van der Waals surface area contributed by atoms with E-state index in [4.69, 9.17) is 0 Å². The maximum atomic E-state index is 4.20. The minimum Gasteiger partial charge on any atom is -0.260 e. The first-order valence-electron chi connectivity index (χ1n) is 2.59. The Balaban J connectivity index is 3.17. The van der Waals surface area contributed by atoms with Gasteiger partial charge >= 0.3 is 0 Å². The van der Waals surface area contributed by atoms with E-state index in [0.29, 0.717) is 0 Å². The lowest BCUT2D eigenvalue weighted by atomic mass is 10.5. The molecule has 0 aliphatic carbocycles. The molecular weight excluding hydrogens is 328 g/mol. The van der Waals surface area contributed by atoms with Crippen molar-refractivity contribution < 1.29 is 0 Å². The molecule has 1 rings (SSSR count). The first-order valence-corrected chi connectivity index (χ1v) is 5.30. The van der Waals surface area contributed by atoms with Gasteiger partial charge in [0.25, 0.3) is 0 Å². The van der Waals surface area contributed by atoms with Gasteiger partial charge in [-0.2, -0.15) is 5.10 Å². The lowest BCUT2D eigenvalue weighted by molar-refractivity contribution is 0.739. The second kappa shape index (κ2) is 3.36. The van der Waals surface area contributed by atoms with E-state index in [9.17, 15) is 0 Å². The Labute approximate surface area is 84.4 Å². The molecule has 5 heteroatoms. The Hall–Kier alpha value is 0.650. The van der Waals surface area contributed by atoms with Crippen LogP contribution in [0.3, 0.4) is 0 Å². The Morgan fingerprint density at radius 2 is 2.10 bits per heavy atom. The van der Waals surface area contributed by atoms with Crippen molar-refractivity contribution in [2.45, 2.75) is 5.33 Å². The number of hydrogen-bond donors (Lipinski definition) is 0. The third-order valence-corrected chi connectivity index (χ3v) is 3.92. The van der Waals surface area contributed by atoms with E-state index >= 15 is 0 Å². The first-order chi connectivity index (χ1) is 4.66. The fraction of sp³-hybridized carbons (Fsp3) is 0.400. The van der Waals surface area contributed by atoms with Gasteiger partial charge < -0.3 is 0 Å². The van der Waals surface area contributed by atoms with Crippen LogP contribution in [0.25, 0.3) is 0 Å². The van der Waals surface area contributed by atoms with Crippen LogP contribution in [0.15, 0.2) is 9.08 Å². The van der Waals surface area contributed by atoms with Crippen molar-refractivity contribution in [2.24, 2.45) is 7.05 Å². The predicted octanol–water partition coefficient (Wildman–Crippen LogP) is 2.84. The fourth-order valence-corrected chi connectivity index (χ4v) is 2.17. The maximum Gasteiger partial charge on any atom is 0.118 e. The van der Waals surface area contributed by atoms with Crippen LogP contribution in [0.4, 0.5) is 0 Å². The summed E-state index contributed by atoms with van der Waals surface area (Å²) in [5.74, 6) is 0. The number of aryl methyl sites for hydroxylation is 1. The first kappa shape index (κ1) is 8.74. The lowest BCUT2D eigenvalue weighted by Gasteiger charge is -1.87. The molecule has 0 N–H and O–H groups in total. The molecule has 0 unspecified atom stereocenters. The van der Waals surface area contributed by atoms with Crippen LogP contribution in [0.5, 0.6) is 0 Å². The summed E-state index contributed by atoms with van der Waals surface area (Å²) in [5.41, 5.74) is 1.01. The molecule has 0 spiro atoms. The minimum absolute atomic E-state index is 0.771. The zero-order valence-corrected chi connectivity index (χ0v) is 9.99. The Kier molecular flexibility index (Phi) is 2.94. The van der Waals surface area contributed by atoms with Crippen LogP contribution >= 0.6 is 47.8 Å². The highest BCUT2D eigenvalue weighted by Crippen LogP contribution is 2.26. The summed E-state index contributed by atoms with van der Waals surface area (Å²) in [4.78, 5) is 0. The van der Waals surface area contributed by atoms with Crippen molar-refractivity contribution in [3.63, 3.8) is 0 Å². The summed E-state index contributed by atoms with van der Waals surface area (Å²) in [7, 11) is 1.89. The van der Waals surface area contributed by atoms with Crippen molar-refractivity contribution in [2.75, 3.05) is 0 Å². The van der Waals surface area contributed by atoms with Crippen molar-refractivity contribution in [1.29, 1.82) is 0 Å². The zero-order chi connectivity index (χ0) is 7.72. The highest BCUT2D eigenvalue weighted by molar-refractivity contribution is 9.13. The van der Waals surface area contributed by atoms with Crippen molar-refractivity contribution in [1.82, 2.24) is 9.78 Å². The third kappa shape index (κ3) is 1.46. The molecule has 1 aromatic rings. The van der Waals surface area contributed by atoms with E-state index in [2.05, 4.69) is 52.9 Å². The fourth-order valence-electron chi connectivity index (χ4n) is 0.615. The van der Waals surface area contributed by atoms with Gasteiger partial charge in [-0.1, -0.05) is 15.9 Å². The molecule has 0 fully saturated rings. The largest absolute Gasteiger partial charge is 0.260 e. The van der Waals surface area contributed by atoms with Crippen LogP contribution < -0.4 is 0 Å². The average molecular weight is 333 g/mol. The maximum absolute atomic E-state index is 4.20. The molecule has 56 valence electrons. The SMILES string of the molecule is Cn1nc(CBr)c(Br)c1Br. The van der Waals surface area contributed by atoms with Crippen LogP contribution in [0, 0.1) is 0 Å². The number of rotatable bonds is 1. The Morgan fingerprint density at radius 3 is 2.30 bits per heavy atom. The topological polar surface area (TPSA) is 17.8 Å². The molecule has 0 saturated carbocycles. The van der Waals surface area contributed by atoms with E-state index in [-0.39, 0.29) is 0 Å². The highest BCUT2D eigenvalue weighted by atomic mass is 79.9. The number of alkyl halides is 1. The van der Waals surface area contributed by atoms with Gasteiger partial charge in [-0.15, -0.1) is 0 Å². The van der Waals surface area contributed by atoms with E-state index < -0.39 is 0 Å². The van der Waals surface area contributed by atoms with Crippen LogP contribution in [0.2, 0.25) is 0 Å². The number of hydrogen-bond acceptors (Lipinski definition) is 1. The normalized spacial score (nSPS) is 10.4. The lowest BCUT2D eigenvalue weighted by Crippen LogP contribution is -1.90. The van der Waals surface area contributed by atoms with Crippen molar-refractivity contribution in [3.05, 3.63) is 14.8 Å². The molecule has 0 radical (unpaired) electrons. The molecule has 0 atom stereocenters. The number of halogens is 3. The average Bonchev–Trinajstić information content (AvgIpc) is 2.17.